The molecule has 4 atom stereocenters. The molecule has 0 amide bonds. The molecule has 6 nitrogen and oxygen atoms in total. The lowest BCUT2D eigenvalue weighted by molar-refractivity contribution is -0.169. The first kappa shape index (κ1) is 19.5. The molecule has 0 aromatic carbocycles. The third-order valence-corrected chi connectivity index (χ3v) is 8.15. The maximum absolute atomic E-state index is 12.1. The average Bonchev–Trinajstić information content (AvgIpc) is 2.47. The molecule has 4 rings (SSSR count). The maximum atomic E-state index is 12.1. The predicted molar refractivity (Wildman–Crippen MR) is 99.5 cm³/mol. The van der Waals surface area contributed by atoms with Gasteiger partial charge in [-0.3, -0.25) is 4.52 Å². The Labute approximate surface area is 157 Å². The molecule has 4 saturated carbocycles. The first-order valence-corrected chi connectivity index (χ1v) is 11.2. The summed E-state index contributed by atoms with van der Waals surface area (Å²) in [5.41, 5.74) is -0.0866. The fourth-order valence-corrected chi connectivity index (χ4v) is 7.27. The van der Waals surface area contributed by atoms with Crippen LogP contribution in [0.4, 0.5) is 0 Å². The molecule has 4 unspecified atom stereocenters. The van der Waals surface area contributed by atoms with Crippen LogP contribution in [0.15, 0.2) is 12.2 Å². The van der Waals surface area contributed by atoms with Crippen molar-refractivity contribution < 1.29 is 28.4 Å². The molecule has 4 aliphatic rings. The number of phosphoric ester groups is 1. The van der Waals surface area contributed by atoms with E-state index in [-0.39, 0.29) is 23.2 Å². The number of rotatable bonds is 7. The number of carbonyl (C=O) groups excluding carboxylic acids is 1. The number of esters is 1. The zero-order valence-electron chi connectivity index (χ0n) is 14.1. The van der Waals surface area contributed by atoms with Gasteiger partial charge in [-0.25, -0.2) is 9.36 Å². The van der Waals surface area contributed by atoms with Crippen molar-refractivity contribution in [2.24, 2.45) is 11.8 Å². The van der Waals surface area contributed by atoms with Crippen molar-refractivity contribution >= 4 is 42.6 Å². The minimum atomic E-state index is -4.45. The molecule has 0 aromatic rings. The third-order valence-electron chi connectivity index (χ3n) is 5.32. The lowest BCUT2D eigenvalue weighted by atomic mass is 9.53. The highest BCUT2D eigenvalue weighted by atomic mass is 32.2. The highest BCUT2D eigenvalue weighted by Gasteiger charge is 2.62. The van der Waals surface area contributed by atoms with Gasteiger partial charge < -0.3 is 14.5 Å². The van der Waals surface area contributed by atoms with Gasteiger partial charge in [-0.15, -0.1) is 11.8 Å². The number of phosphoric acid groups is 1. The zero-order valence-corrected chi connectivity index (χ0v) is 16.6. The van der Waals surface area contributed by atoms with Crippen LogP contribution in [0.2, 0.25) is 0 Å². The topological polar surface area (TPSA) is 93.1 Å². The van der Waals surface area contributed by atoms with Crippen molar-refractivity contribution in [3.63, 3.8) is 0 Å². The quantitative estimate of drug-likeness (QED) is 0.219. The molecule has 0 spiro atoms. The summed E-state index contributed by atoms with van der Waals surface area (Å²) in [6, 6.07) is 0. The number of hydrogen-bond donors (Lipinski definition) is 2. The van der Waals surface area contributed by atoms with E-state index in [1.54, 1.807) is 18.7 Å². The van der Waals surface area contributed by atoms with Crippen LogP contribution in [0.25, 0.3) is 0 Å². The Balaban J connectivity index is 1.73. The van der Waals surface area contributed by atoms with E-state index in [9.17, 15) is 9.36 Å². The van der Waals surface area contributed by atoms with Crippen molar-refractivity contribution in [3.05, 3.63) is 12.2 Å². The van der Waals surface area contributed by atoms with E-state index in [0.29, 0.717) is 23.7 Å². The lowest BCUT2D eigenvalue weighted by Crippen LogP contribution is -2.63. The SMILES string of the molecule is C=C(C)C(=O)OC12CC3CC(C1)C(=S)C(SCCOP(=O)(O)O)(C3)C2. The molecule has 140 valence electrons. The van der Waals surface area contributed by atoms with Gasteiger partial charge in [0, 0.05) is 22.6 Å². The molecule has 0 aromatic heterocycles. The number of carbonyl (C=O) groups is 1. The second kappa shape index (κ2) is 6.73. The van der Waals surface area contributed by atoms with Crippen LogP contribution in [-0.2, 0) is 18.6 Å². The number of thioether (sulfide) groups is 1. The molecular formula is C16H23O6PS2. The van der Waals surface area contributed by atoms with Gasteiger partial charge in [0.15, 0.2) is 0 Å². The summed E-state index contributed by atoms with van der Waals surface area (Å²) in [6.45, 7) is 5.29. The summed E-state index contributed by atoms with van der Waals surface area (Å²) >= 11 is 7.34. The molecule has 2 N–H and O–H groups in total. The van der Waals surface area contributed by atoms with E-state index >= 15 is 0 Å². The van der Waals surface area contributed by atoms with Crippen LogP contribution < -0.4 is 0 Å². The summed E-state index contributed by atoms with van der Waals surface area (Å²) in [5.74, 6) is 0.824. The van der Waals surface area contributed by atoms with Gasteiger partial charge in [-0.1, -0.05) is 18.8 Å². The van der Waals surface area contributed by atoms with Crippen molar-refractivity contribution in [2.45, 2.75) is 49.4 Å². The molecule has 4 aliphatic carbocycles. The second-order valence-electron chi connectivity index (χ2n) is 7.47. The molecule has 4 bridgehead atoms. The van der Waals surface area contributed by atoms with Gasteiger partial charge >= 0.3 is 13.8 Å². The average molecular weight is 406 g/mol. The Bertz CT molecular complexity index is 661. The van der Waals surface area contributed by atoms with Gasteiger partial charge in [0.25, 0.3) is 0 Å². The first-order valence-electron chi connectivity index (χ1n) is 8.31. The van der Waals surface area contributed by atoms with Crippen LogP contribution in [0, 0.1) is 11.8 Å². The number of ether oxygens (including phenoxy) is 1. The Morgan fingerprint density at radius 1 is 1.44 bits per heavy atom. The van der Waals surface area contributed by atoms with E-state index in [1.807, 2.05) is 0 Å². The first-order chi connectivity index (χ1) is 11.5. The number of hydrogen-bond acceptors (Lipinski definition) is 6. The van der Waals surface area contributed by atoms with E-state index in [0.717, 1.165) is 30.5 Å². The fraction of sp³-hybridized carbons (Fsp3) is 0.750. The smallest absolute Gasteiger partial charge is 0.456 e. The summed E-state index contributed by atoms with van der Waals surface area (Å²) in [5, 5.41) is 0. The third kappa shape index (κ3) is 4.04. The normalized spacial score (nSPS) is 36.5. The van der Waals surface area contributed by atoms with Crippen molar-refractivity contribution in [1.29, 1.82) is 0 Å². The van der Waals surface area contributed by atoms with Crippen LogP contribution in [0.1, 0.15) is 39.0 Å². The minimum absolute atomic E-state index is 0.0345. The van der Waals surface area contributed by atoms with Gasteiger partial charge in [-0.05, 0) is 44.4 Å². The molecule has 4 fully saturated rings. The van der Waals surface area contributed by atoms with Crippen LogP contribution >= 0.6 is 31.8 Å². The van der Waals surface area contributed by atoms with Crippen LogP contribution in [0.3, 0.4) is 0 Å². The predicted octanol–water partition coefficient (Wildman–Crippen LogP) is 3.02. The highest BCUT2D eigenvalue weighted by Crippen LogP contribution is 2.62. The van der Waals surface area contributed by atoms with Crippen molar-refractivity contribution in [1.82, 2.24) is 0 Å². The van der Waals surface area contributed by atoms with Gasteiger partial charge in [-0.2, -0.15) is 0 Å². The summed E-state index contributed by atoms with van der Waals surface area (Å²) in [6.07, 6.45) is 4.31. The maximum Gasteiger partial charge on any atom is 0.469 e. The zero-order chi connectivity index (χ0) is 18.5. The largest absolute Gasteiger partial charge is 0.469 e. The van der Waals surface area contributed by atoms with Gasteiger partial charge in [0.1, 0.15) is 5.60 Å². The van der Waals surface area contributed by atoms with Crippen LogP contribution in [-0.4, -0.2) is 43.3 Å². The molecule has 9 heteroatoms. The second-order valence-corrected chi connectivity index (χ2v) is 10.6. The Kier molecular flexibility index (Phi) is 5.26. The Morgan fingerprint density at radius 2 is 2.16 bits per heavy atom. The fourth-order valence-electron chi connectivity index (χ4n) is 4.72. The number of thiocarbonyl (C=S) groups is 1. The lowest BCUT2D eigenvalue weighted by Gasteiger charge is -2.61. The van der Waals surface area contributed by atoms with Gasteiger partial charge in [0.05, 0.1) is 11.4 Å². The summed E-state index contributed by atoms with van der Waals surface area (Å²) < 4.78 is 21.0. The van der Waals surface area contributed by atoms with E-state index in [2.05, 4.69) is 11.1 Å². The molecule has 0 radical (unpaired) electrons. The van der Waals surface area contributed by atoms with E-state index < -0.39 is 13.4 Å². The van der Waals surface area contributed by atoms with Gasteiger partial charge in [0.2, 0.25) is 0 Å². The minimum Gasteiger partial charge on any atom is -0.456 e. The summed E-state index contributed by atoms with van der Waals surface area (Å²) in [4.78, 5) is 30.8. The molecule has 0 saturated heterocycles. The highest BCUT2D eigenvalue weighted by molar-refractivity contribution is 8.02. The molecule has 0 aliphatic heterocycles. The van der Waals surface area contributed by atoms with Crippen molar-refractivity contribution in [3.8, 4) is 0 Å². The monoisotopic (exact) mass is 406 g/mol. The van der Waals surface area contributed by atoms with E-state index in [1.165, 1.54) is 0 Å². The molecular weight excluding hydrogens is 383 g/mol. The van der Waals surface area contributed by atoms with Crippen LogP contribution in [0.5, 0.6) is 0 Å². The summed E-state index contributed by atoms with van der Waals surface area (Å²) in [7, 11) is -4.45. The van der Waals surface area contributed by atoms with E-state index in [4.69, 9.17) is 26.7 Å². The molecule has 25 heavy (non-hydrogen) atoms. The van der Waals surface area contributed by atoms with Crippen molar-refractivity contribution in [2.75, 3.05) is 12.4 Å². The Morgan fingerprint density at radius 3 is 2.80 bits per heavy atom. The molecule has 0 heterocycles. The standard InChI is InChI=1S/C16H23O6PS2/c1-10(2)14(17)22-15-6-11-5-12(8-15)13(24)16(7-11,9-15)25-4-3-21-23(18,19)20/h11-12H,1,3-9H2,2H3,(H2,18,19,20). The Hall–Kier alpha value is -0.240.